The van der Waals surface area contributed by atoms with Crippen LogP contribution in [0, 0.1) is 26.7 Å². The molecule has 1 fully saturated rings. The van der Waals surface area contributed by atoms with Gasteiger partial charge in [0.25, 0.3) is 0 Å². The second-order valence-corrected chi connectivity index (χ2v) is 7.08. The van der Waals surface area contributed by atoms with E-state index in [1.807, 2.05) is 57.2 Å². The van der Waals surface area contributed by atoms with E-state index in [0.29, 0.717) is 6.54 Å². The summed E-state index contributed by atoms with van der Waals surface area (Å²) >= 11 is 0. The van der Waals surface area contributed by atoms with E-state index in [2.05, 4.69) is 12.2 Å². The SMILES string of the molecule is CCc1cccc(C)c1NC(=O)[C@H]1CC(=O)N(c2cccc(C)c2C)C1. The zero-order valence-corrected chi connectivity index (χ0v) is 15.9. The average Bonchev–Trinajstić information content (AvgIpc) is 3.00. The van der Waals surface area contributed by atoms with Gasteiger partial charge >= 0.3 is 0 Å². The molecule has 2 aromatic rings. The molecule has 0 aliphatic carbocycles. The van der Waals surface area contributed by atoms with E-state index in [1.165, 1.54) is 0 Å². The number of hydrogen-bond acceptors (Lipinski definition) is 2. The standard InChI is InChI=1S/C22H26N2O2/c1-5-17-10-6-9-15(3)21(17)23-22(26)18-12-20(25)24(13-18)19-11-7-8-14(2)16(19)4/h6-11,18H,5,12-13H2,1-4H3,(H,23,26)/t18-/m0/s1. The van der Waals surface area contributed by atoms with Crippen LogP contribution < -0.4 is 10.2 Å². The number of hydrogen-bond donors (Lipinski definition) is 1. The Morgan fingerprint density at radius 3 is 2.54 bits per heavy atom. The molecule has 1 N–H and O–H groups in total. The van der Waals surface area contributed by atoms with Crippen LogP contribution in [-0.4, -0.2) is 18.4 Å². The minimum Gasteiger partial charge on any atom is -0.325 e. The largest absolute Gasteiger partial charge is 0.325 e. The molecule has 2 amide bonds. The first kappa shape index (κ1) is 18.2. The number of anilines is 2. The fourth-order valence-electron chi connectivity index (χ4n) is 3.57. The maximum absolute atomic E-state index is 12.8. The molecule has 136 valence electrons. The van der Waals surface area contributed by atoms with Gasteiger partial charge in [0.2, 0.25) is 11.8 Å². The number of carbonyl (C=O) groups excluding carboxylic acids is 2. The molecule has 1 aliphatic rings. The van der Waals surface area contributed by atoms with Crippen molar-refractivity contribution in [3.8, 4) is 0 Å². The van der Waals surface area contributed by atoms with E-state index in [-0.39, 0.29) is 24.2 Å². The smallest absolute Gasteiger partial charge is 0.229 e. The predicted octanol–water partition coefficient (Wildman–Crippen LogP) is 4.17. The molecule has 0 spiro atoms. The quantitative estimate of drug-likeness (QED) is 0.900. The summed E-state index contributed by atoms with van der Waals surface area (Å²) in [6.07, 6.45) is 1.11. The maximum atomic E-state index is 12.8. The summed E-state index contributed by atoms with van der Waals surface area (Å²) in [6.45, 7) is 8.56. The zero-order chi connectivity index (χ0) is 18.8. The normalized spacial score (nSPS) is 16.8. The van der Waals surface area contributed by atoms with Crippen molar-refractivity contribution < 1.29 is 9.59 Å². The summed E-state index contributed by atoms with van der Waals surface area (Å²) in [5, 5.41) is 3.07. The number of carbonyl (C=O) groups is 2. The molecule has 1 atom stereocenters. The lowest BCUT2D eigenvalue weighted by Gasteiger charge is -2.20. The first-order valence-corrected chi connectivity index (χ1v) is 9.18. The fourth-order valence-corrected chi connectivity index (χ4v) is 3.57. The second-order valence-electron chi connectivity index (χ2n) is 7.08. The third-order valence-electron chi connectivity index (χ3n) is 5.35. The number of benzene rings is 2. The molecule has 0 saturated carbocycles. The highest BCUT2D eigenvalue weighted by Crippen LogP contribution is 2.30. The molecule has 0 unspecified atom stereocenters. The van der Waals surface area contributed by atoms with Crippen molar-refractivity contribution >= 4 is 23.2 Å². The highest BCUT2D eigenvalue weighted by atomic mass is 16.2. The summed E-state index contributed by atoms with van der Waals surface area (Å²) in [6, 6.07) is 12.0. The number of amides is 2. The summed E-state index contributed by atoms with van der Waals surface area (Å²) in [7, 11) is 0. The minimum atomic E-state index is -0.327. The maximum Gasteiger partial charge on any atom is 0.229 e. The lowest BCUT2D eigenvalue weighted by molar-refractivity contribution is -0.122. The molecule has 1 heterocycles. The number of nitrogens with zero attached hydrogens (tertiary/aromatic N) is 1. The van der Waals surface area contributed by atoms with Crippen LogP contribution in [0.2, 0.25) is 0 Å². The molecule has 0 aromatic heterocycles. The predicted molar refractivity (Wildman–Crippen MR) is 106 cm³/mol. The Bertz CT molecular complexity index is 857. The molecule has 0 radical (unpaired) electrons. The molecule has 4 heteroatoms. The monoisotopic (exact) mass is 350 g/mol. The Balaban J connectivity index is 1.79. The lowest BCUT2D eigenvalue weighted by atomic mass is 10.0. The van der Waals surface area contributed by atoms with Crippen LogP contribution in [-0.2, 0) is 16.0 Å². The van der Waals surface area contributed by atoms with Crippen molar-refractivity contribution in [3.05, 3.63) is 58.7 Å². The number of para-hydroxylation sites is 1. The first-order chi connectivity index (χ1) is 12.4. The molecule has 26 heavy (non-hydrogen) atoms. The van der Waals surface area contributed by atoms with E-state index < -0.39 is 0 Å². The highest BCUT2D eigenvalue weighted by molar-refractivity contribution is 6.04. The molecule has 1 aliphatic heterocycles. The third-order valence-corrected chi connectivity index (χ3v) is 5.35. The first-order valence-electron chi connectivity index (χ1n) is 9.18. The highest BCUT2D eigenvalue weighted by Gasteiger charge is 2.36. The molecular formula is C22H26N2O2. The van der Waals surface area contributed by atoms with Crippen LogP contribution in [0.3, 0.4) is 0 Å². The van der Waals surface area contributed by atoms with Gasteiger partial charge in [0, 0.05) is 24.3 Å². The van der Waals surface area contributed by atoms with Gasteiger partial charge in [-0.3, -0.25) is 9.59 Å². The Hall–Kier alpha value is -2.62. The van der Waals surface area contributed by atoms with Gasteiger partial charge in [-0.1, -0.05) is 37.3 Å². The van der Waals surface area contributed by atoms with Gasteiger partial charge in [0.15, 0.2) is 0 Å². The molecule has 0 bridgehead atoms. The van der Waals surface area contributed by atoms with Gasteiger partial charge in [-0.25, -0.2) is 0 Å². The van der Waals surface area contributed by atoms with Crippen molar-refractivity contribution in [2.24, 2.45) is 5.92 Å². The summed E-state index contributed by atoms with van der Waals surface area (Å²) in [5.74, 6) is -0.388. The molecule has 3 rings (SSSR count). The zero-order valence-electron chi connectivity index (χ0n) is 15.9. The van der Waals surface area contributed by atoms with Crippen molar-refractivity contribution in [2.75, 3.05) is 16.8 Å². The Morgan fingerprint density at radius 2 is 1.81 bits per heavy atom. The lowest BCUT2D eigenvalue weighted by Crippen LogP contribution is -2.29. The van der Waals surface area contributed by atoms with Gasteiger partial charge < -0.3 is 10.2 Å². The minimum absolute atomic E-state index is 0.0133. The van der Waals surface area contributed by atoms with Crippen molar-refractivity contribution in [1.82, 2.24) is 0 Å². The van der Waals surface area contributed by atoms with Gasteiger partial charge in [0.05, 0.1) is 5.92 Å². The van der Waals surface area contributed by atoms with E-state index in [4.69, 9.17) is 0 Å². The van der Waals surface area contributed by atoms with E-state index in [0.717, 1.165) is 40.0 Å². The number of nitrogens with one attached hydrogen (secondary N) is 1. The second kappa shape index (κ2) is 7.32. The molecule has 1 saturated heterocycles. The van der Waals surface area contributed by atoms with Crippen molar-refractivity contribution in [1.29, 1.82) is 0 Å². The Kier molecular flexibility index (Phi) is 5.12. The van der Waals surface area contributed by atoms with Crippen LogP contribution >= 0.6 is 0 Å². The molecular weight excluding hydrogens is 324 g/mol. The van der Waals surface area contributed by atoms with Gasteiger partial charge in [0.1, 0.15) is 0 Å². The molecule has 4 nitrogen and oxygen atoms in total. The summed E-state index contributed by atoms with van der Waals surface area (Å²) < 4.78 is 0. The van der Waals surface area contributed by atoms with Crippen LogP contribution in [0.25, 0.3) is 0 Å². The van der Waals surface area contributed by atoms with Gasteiger partial charge in [-0.05, 0) is 55.5 Å². The number of rotatable bonds is 4. The Labute approximate surface area is 155 Å². The summed E-state index contributed by atoms with van der Waals surface area (Å²) in [5.41, 5.74) is 6.21. The molecule has 2 aromatic carbocycles. The van der Waals surface area contributed by atoms with Crippen LogP contribution in [0.15, 0.2) is 36.4 Å². The number of aryl methyl sites for hydroxylation is 3. The topological polar surface area (TPSA) is 49.4 Å². The van der Waals surface area contributed by atoms with Gasteiger partial charge in [-0.15, -0.1) is 0 Å². The van der Waals surface area contributed by atoms with E-state index >= 15 is 0 Å². The van der Waals surface area contributed by atoms with E-state index in [9.17, 15) is 9.59 Å². The van der Waals surface area contributed by atoms with Crippen molar-refractivity contribution in [2.45, 2.75) is 40.5 Å². The Morgan fingerprint density at radius 1 is 1.12 bits per heavy atom. The van der Waals surface area contributed by atoms with E-state index in [1.54, 1.807) is 4.90 Å². The fraction of sp³-hybridized carbons (Fsp3) is 0.364. The van der Waals surface area contributed by atoms with Crippen LogP contribution in [0.5, 0.6) is 0 Å². The average molecular weight is 350 g/mol. The van der Waals surface area contributed by atoms with Crippen molar-refractivity contribution in [3.63, 3.8) is 0 Å². The van der Waals surface area contributed by atoms with Crippen LogP contribution in [0.4, 0.5) is 11.4 Å². The third kappa shape index (κ3) is 3.36. The summed E-state index contributed by atoms with van der Waals surface area (Å²) in [4.78, 5) is 27.1. The van der Waals surface area contributed by atoms with Crippen LogP contribution in [0.1, 0.15) is 35.6 Å². The van der Waals surface area contributed by atoms with Gasteiger partial charge in [-0.2, -0.15) is 0 Å².